The Balaban J connectivity index is 1.62. The van der Waals surface area contributed by atoms with Crippen LogP contribution < -0.4 is 5.73 Å². The van der Waals surface area contributed by atoms with E-state index in [9.17, 15) is 0 Å². The highest BCUT2D eigenvalue weighted by Crippen LogP contribution is 2.39. The highest BCUT2D eigenvalue weighted by Gasteiger charge is 2.49. The Morgan fingerprint density at radius 2 is 1.86 bits per heavy atom. The van der Waals surface area contributed by atoms with Gasteiger partial charge in [-0.2, -0.15) is 0 Å². The third-order valence-electron chi connectivity index (χ3n) is 6.31. The predicted molar refractivity (Wildman–Crippen MR) is 88.5 cm³/mol. The van der Waals surface area contributed by atoms with Crippen molar-refractivity contribution in [3.8, 4) is 0 Å². The molecule has 0 aromatic heterocycles. The Kier molecular flexibility index (Phi) is 4.60. The zero-order valence-corrected chi connectivity index (χ0v) is 14.2. The van der Waals surface area contributed by atoms with Gasteiger partial charge in [-0.25, -0.2) is 0 Å². The number of likely N-dealkylation sites (tertiary alicyclic amines) is 1. The first-order valence-electron chi connectivity index (χ1n) is 9.04. The maximum atomic E-state index is 6.28. The maximum absolute atomic E-state index is 6.28. The van der Waals surface area contributed by atoms with Gasteiger partial charge in [0.25, 0.3) is 0 Å². The summed E-state index contributed by atoms with van der Waals surface area (Å²) in [5.74, 6) is 0. The van der Waals surface area contributed by atoms with Gasteiger partial charge in [0.1, 0.15) is 0 Å². The summed E-state index contributed by atoms with van der Waals surface area (Å²) in [7, 11) is 0. The number of hydrogen-bond acceptors (Lipinski definition) is 4. The minimum absolute atomic E-state index is 0.254. The summed E-state index contributed by atoms with van der Waals surface area (Å²) in [6, 6.07) is 2.31. The highest BCUT2D eigenvalue weighted by molar-refractivity contribution is 5.07. The molecule has 3 atom stereocenters. The van der Waals surface area contributed by atoms with Gasteiger partial charge in [-0.05, 0) is 39.5 Å². The first-order chi connectivity index (χ1) is 10.1. The van der Waals surface area contributed by atoms with Gasteiger partial charge in [-0.3, -0.25) is 14.7 Å². The van der Waals surface area contributed by atoms with Gasteiger partial charge >= 0.3 is 0 Å². The van der Waals surface area contributed by atoms with E-state index in [1.807, 2.05) is 0 Å². The molecular weight excluding hydrogens is 260 g/mol. The Labute approximate surface area is 130 Å². The molecule has 2 saturated heterocycles. The van der Waals surface area contributed by atoms with Crippen molar-refractivity contribution in [1.29, 1.82) is 0 Å². The fraction of sp³-hybridized carbons (Fsp3) is 1.00. The van der Waals surface area contributed by atoms with Crippen molar-refractivity contribution in [2.24, 2.45) is 5.73 Å². The molecular formula is C17H34N4. The van der Waals surface area contributed by atoms with Gasteiger partial charge in [-0.1, -0.05) is 6.92 Å². The number of nitrogens with zero attached hydrogens (tertiary/aromatic N) is 3. The summed E-state index contributed by atoms with van der Waals surface area (Å²) >= 11 is 0. The van der Waals surface area contributed by atoms with E-state index >= 15 is 0 Å². The second-order valence-electron chi connectivity index (χ2n) is 7.67. The van der Waals surface area contributed by atoms with E-state index in [4.69, 9.17) is 5.73 Å². The molecule has 0 aromatic rings. The van der Waals surface area contributed by atoms with Crippen molar-refractivity contribution in [3.63, 3.8) is 0 Å². The van der Waals surface area contributed by atoms with Crippen molar-refractivity contribution in [2.75, 3.05) is 39.3 Å². The maximum Gasteiger partial charge on any atom is 0.0474 e. The second kappa shape index (κ2) is 6.15. The fourth-order valence-electron chi connectivity index (χ4n) is 4.52. The Hall–Kier alpha value is -0.160. The lowest BCUT2D eigenvalue weighted by Gasteiger charge is -2.46. The molecule has 0 bridgehead atoms. The predicted octanol–water partition coefficient (Wildman–Crippen LogP) is 1.36. The minimum atomic E-state index is 0.254. The first kappa shape index (κ1) is 15.7. The molecule has 4 heteroatoms. The molecule has 3 unspecified atom stereocenters. The topological polar surface area (TPSA) is 35.7 Å². The third kappa shape index (κ3) is 3.00. The standard InChI is InChI=1S/C17H34N4/c1-4-14(2)19-7-9-20(10-8-19)17(12-18)11-15(3)21(13-17)16-5-6-16/h14-16H,4-13,18H2,1-3H3. The number of piperazine rings is 1. The number of rotatable bonds is 5. The van der Waals surface area contributed by atoms with Crippen LogP contribution in [0.2, 0.25) is 0 Å². The van der Waals surface area contributed by atoms with Gasteiger partial charge in [0.05, 0.1) is 0 Å². The summed E-state index contributed by atoms with van der Waals surface area (Å²) in [5.41, 5.74) is 6.54. The van der Waals surface area contributed by atoms with Gasteiger partial charge in [-0.15, -0.1) is 0 Å². The molecule has 2 N–H and O–H groups in total. The van der Waals surface area contributed by atoms with E-state index in [1.54, 1.807) is 0 Å². The summed E-state index contributed by atoms with van der Waals surface area (Å²) in [6.07, 6.45) is 5.34. The first-order valence-corrected chi connectivity index (χ1v) is 9.04. The lowest BCUT2D eigenvalue weighted by Crippen LogP contribution is -2.62. The van der Waals surface area contributed by atoms with E-state index in [1.165, 1.54) is 58.4 Å². The molecule has 2 aliphatic heterocycles. The van der Waals surface area contributed by atoms with Crippen molar-refractivity contribution in [1.82, 2.24) is 14.7 Å². The molecule has 0 aromatic carbocycles. The molecule has 0 spiro atoms. The summed E-state index contributed by atoms with van der Waals surface area (Å²) < 4.78 is 0. The average molecular weight is 294 g/mol. The smallest absolute Gasteiger partial charge is 0.0474 e. The van der Waals surface area contributed by atoms with Gasteiger partial charge in [0, 0.05) is 62.9 Å². The summed E-state index contributed by atoms with van der Waals surface area (Å²) in [5, 5.41) is 0. The number of nitrogens with two attached hydrogens (primary N) is 1. The van der Waals surface area contributed by atoms with Crippen LogP contribution in [0.25, 0.3) is 0 Å². The normalized spacial score (nSPS) is 38.0. The van der Waals surface area contributed by atoms with Crippen molar-refractivity contribution in [3.05, 3.63) is 0 Å². The molecule has 21 heavy (non-hydrogen) atoms. The molecule has 4 nitrogen and oxygen atoms in total. The van der Waals surface area contributed by atoms with Crippen molar-refractivity contribution in [2.45, 2.75) is 70.1 Å². The quantitative estimate of drug-likeness (QED) is 0.830. The zero-order valence-electron chi connectivity index (χ0n) is 14.2. The summed E-state index contributed by atoms with van der Waals surface area (Å²) in [4.78, 5) is 8.12. The van der Waals surface area contributed by atoms with Crippen LogP contribution in [-0.4, -0.2) is 77.6 Å². The molecule has 1 aliphatic carbocycles. The molecule has 3 rings (SSSR count). The molecule has 0 radical (unpaired) electrons. The SMILES string of the molecule is CCC(C)N1CCN(C2(CN)CC(C)N(C3CC3)C2)CC1. The van der Waals surface area contributed by atoms with Crippen LogP contribution >= 0.6 is 0 Å². The molecule has 3 aliphatic rings. The fourth-order valence-corrected chi connectivity index (χ4v) is 4.52. The van der Waals surface area contributed by atoms with Crippen LogP contribution in [0.5, 0.6) is 0 Å². The Bertz CT molecular complexity index is 349. The zero-order chi connectivity index (χ0) is 15.0. The van der Waals surface area contributed by atoms with E-state index in [0.29, 0.717) is 6.04 Å². The molecule has 2 heterocycles. The Morgan fingerprint density at radius 1 is 1.19 bits per heavy atom. The van der Waals surface area contributed by atoms with Crippen molar-refractivity contribution >= 4 is 0 Å². The van der Waals surface area contributed by atoms with Crippen LogP contribution in [0, 0.1) is 0 Å². The van der Waals surface area contributed by atoms with Gasteiger partial charge < -0.3 is 5.73 Å². The van der Waals surface area contributed by atoms with E-state index in [-0.39, 0.29) is 5.54 Å². The van der Waals surface area contributed by atoms with E-state index in [2.05, 4.69) is 35.5 Å². The van der Waals surface area contributed by atoms with Gasteiger partial charge in [0.15, 0.2) is 0 Å². The molecule has 3 fully saturated rings. The average Bonchev–Trinajstić information content (AvgIpc) is 3.30. The largest absolute Gasteiger partial charge is 0.329 e. The third-order valence-corrected chi connectivity index (χ3v) is 6.31. The Morgan fingerprint density at radius 3 is 2.38 bits per heavy atom. The van der Waals surface area contributed by atoms with Crippen molar-refractivity contribution < 1.29 is 0 Å². The van der Waals surface area contributed by atoms with Crippen LogP contribution in [0.4, 0.5) is 0 Å². The van der Waals surface area contributed by atoms with E-state index < -0.39 is 0 Å². The van der Waals surface area contributed by atoms with Crippen LogP contribution in [0.1, 0.15) is 46.5 Å². The lowest BCUT2D eigenvalue weighted by atomic mass is 9.93. The van der Waals surface area contributed by atoms with Crippen LogP contribution in [0.3, 0.4) is 0 Å². The molecule has 1 saturated carbocycles. The number of hydrogen-bond donors (Lipinski definition) is 1. The molecule has 122 valence electrons. The molecule has 0 amide bonds. The van der Waals surface area contributed by atoms with Gasteiger partial charge in [0.2, 0.25) is 0 Å². The van der Waals surface area contributed by atoms with Crippen LogP contribution in [0.15, 0.2) is 0 Å². The monoisotopic (exact) mass is 294 g/mol. The van der Waals surface area contributed by atoms with Crippen LogP contribution in [-0.2, 0) is 0 Å². The lowest BCUT2D eigenvalue weighted by molar-refractivity contribution is 0.0265. The minimum Gasteiger partial charge on any atom is -0.329 e. The highest BCUT2D eigenvalue weighted by atomic mass is 15.4. The second-order valence-corrected chi connectivity index (χ2v) is 7.67. The van der Waals surface area contributed by atoms with E-state index in [0.717, 1.165) is 18.6 Å². The summed E-state index contributed by atoms with van der Waals surface area (Å²) in [6.45, 7) is 13.9.